The largest absolute Gasteiger partial charge is 0.478 e. The average molecular weight is 879 g/mol. The van der Waals surface area contributed by atoms with E-state index in [2.05, 4.69) is 10.6 Å². The molecular formula is C43H51F5N4O10. The van der Waals surface area contributed by atoms with E-state index >= 15 is 4.39 Å². The minimum absolute atomic E-state index is 0.0525. The quantitative estimate of drug-likeness (QED) is 0.0627. The number of hydrogen-bond donors (Lipinski definition) is 4. The molecule has 62 heavy (non-hydrogen) atoms. The third-order valence-electron chi connectivity index (χ3n) is 10.9. The van der Waals surface area contributed by atoms with Gasteiger partial charge in [0.1, 0.15) is 23.5 Å². The van der Waals surface area contributed by atoms with Crippen molar-refractivity contribution in [1.29, 1.82) is 0 Å². The Labute approximate surface area is 354 Å². The number of nitrogens with zero attached hydrogens (tertiary/aromatic N) is 1. The van der Waals surface area contributed by atoms with Gasteiger partial charge in [0.2, 0.25) is 23.5 Å². The molecule has 2 unspecified atom stereocenters. The van der Waals surface area contributed by atoms with Crippen molar-refractivity contribution in [2.24, 2.45) is 17.6 Å². The lowest BCUT2D eigenvalue weighted by atomic mass is 9.82. The van der Waals surface area contributed by atoms with Crippen molar-refractivity contribution < 1.29 is 70.2 Å². The molecule has 14 nitrogen and oxygen atoms in total. The summed E-state index contributed by atoms with van der Waals surface area (Å²) in [5.41, 5.74) is 1.20. The SMILES string of the molecule is CCCC(CC(=O)[C@@H]1C[C@@H](OC(C)(C)C)CN1C(=O)[C@@H](NC(=O)c1c(F)c(F)c(F)c(F)c1C(=O)O)C1CCCCC1)C(=O)C(=O)CCC(=O)NC(C(N)=O)c1cccc(F)c1. The van der Waals surface area contributed by atoms with Crippen molar-refractivity contribution in [3.05, 3.63) is 70.0 Å². The highest BCUT2D eigenvalue weighted by atomic mass is 19.2. The van der Waals surface area contributed by atoms with Gasteiger partial charge in [0.15, 0.2) is 34.8 Å². The van der Waals surface area contributed by atoms with Crippen LogP contribution in [0.15, 0.2) is 24.3 Å². The van der Waals surface area contributed by atoms with Crippen molar-refractivity contribution in [2.45, 2.75) is 128 Å². The van der Waals surface area contributed by atoms with Gasteiger partial charge in [0, 0.05) is 38.1 Å². The zero-order valence-electron chi connectivity index (χ0n) is 34.8. The molecule has 2 aromatic rings. The molecule has 2 aliphatic rings. The Bertz CT molecular complexity index is 2090. The molecule has 4 rings (SSSR count). The Morgan fingerprint density at radius 2 is 1.52 bits per heavy atom. The number of benzene rings is 2. The number of nitrogens with two attached hydrogens (primary N) is 1. The van der Waals surface area contributed by atoms with Crippen LogP contribution in [-0.4, -0.2) is 87.3 Å². The minimum Gasteiger partial charge on any atom is -0.478 e. The maximum Gasteiger partial charge on any atom is 0.339 e. The maximum atomic E-state index is 15.1. The van der Waals surface area contributed by atoms with Crippen LogP contribution in [0.3, 0.4) is 0 Å². The Balaban J connectivity index is 1.58. The summed E-state index contributed by atoms with van der Waals surface area (Å²) in [6.07, 6.45) is 0.374. The van der Waals surface area contributed by atoms with E-state index in [1.807, 2.05) is 0 Å². The van der Waals surface area contributed by atoms with Crippen molar-refractivity contribution >= 4 is 46.9 Å². The smallest absolute Gasteiger partial charge is 0.339 e. The molecule has 1 aliphatic carbocycles. The molecule has 0 bridgehead atoms. The van der Waals surface area contributed by atoms with Crippen molar-refractivity contribution in [1.82, 2.24) is 15.5 Å². The molecule has 4 amide bonds. The van der Waals surface area contributed by atoms with Crippen LogP contribution >= 0.6 is 0 Å². The number of primary amides is 1. The molecule has 2 aromatic carbocycles. The number of hydrogen-bond acceptors (Lipinski definition) is 9. The fourth-order valence-corrected chi connectivity index (χ4v) is 8.09. The monoisotopic (exact) mass is 878 g/mol. The van der Waals surface area contributed by atoms with Gasteiger partial charge in [-0.05, 0) is 63.6 Å². The highest BCUT2D eigenvalue weighted by Gasteiger charge is 2.46. The fraction of sp³-hybridized carbons (Fsp3) is 0.535. The van der Waals surface area contributed by atoms with Crippen LogP contribution in [-0.2, 0) is 33.5 Å². The van der Waals surface area contributed by atoms with E-state index in [4.69, 9.17) is 10.5 Å². The van der Waals surface area contributed by atoms with E-state index in [0.29, 0.717) is 32.1 Å². The Morgan fingerprint density at radius 1 is 0.887 bits per heavy atom. The molecule has 2 fully saturated rings. The summed E-state index contributed by atoms with van der Waals surface area (Å²) in [5.74, 6) is -21.4. The number of halogens is 5. The summed E-state index contributed by atoms with van der Waals surface area (Å²) in [4.78, 5) is 107. The van der Waals surface area contributed by atoms with Gasteiger partial charge in [-0.2, -0.15) is 0 Å². The van der Waals surface area contributed by atoms with Crippen LogP contribution in [0.25, 0.3) is 0 Å². The molecule has 5 atom stereocenters. The highest BCUT2D eigenvalue weighted by molar-refractivity contribution is 6.38. The number of nitrogens with one attached hydrogen (secondary N) is 2. The fourth-order valence-electron chi connectivity index (χ4n) is 8.09. The zero-order valence-corrected chi connectivity index (χ0v) is 34.8. The topological polar surface area (TPSA) is 219 Å². The maximum absolute atomic E-state index is 15.1. The number of Topliss-reactive ketones (excluding diaryl/α,β-unsaturated/α-hetero) is 3. The molecule has 19 heteroatoms. The van der Waals surface area contributed by atoms with Gasteiger partial charge in [-0.1, -0.05) is 44.7 Å². The van der Waals surface area contributed by atoms with E-state index in [1.54, 1.807) is 27.7 Å². The van der Waals surface area contributed by atoms with E-state index in [0.717, 1.165) is 23.5 Å². The van der Waals surface area contributed by atoms with Crippen LogP contribution in [0.1, 0.15) is 131 Å². The summed E-state index contributed by atoms with van der Waals surface area (Å²) in [5, 5.41) is 14.1. The number of likely N-dealkylation sites (tertiary alicyclic amines) is 1. The molecule has 0 radical (unpaired) electrons. The van der Waals surface area contributed by atoms with E-state index in [-0.39, 0.29) is 24.9 Å². The lowest BCUT2D eigenvalue weighted by molar-refractivity contribution is -0.143. The Hall–Kier alpha value is -5.59. The molecule has 1 aliphatic heterocycles. The second-order valence-corrected chi connectivity index (χ2v) is 16.7. The van der Waals surface area contributed by atoms with Crippen LogP contribution in [0.2, 0.25) is 0 Å². The van der Waals surface area contributed by atoms with Crippen LogP contribution in [0.4, 0.5) is 22.0 Å². The normalized spacial score (nSPS) is 18.4. The number of ether oxygens (including phenoxy) is 1. The standard InChI is InChI=1S/C43H51F5N4O10/c1-5-10-23(38(56)27(53)15-16-29(55)50-36(39(49)57)22-13-9-14-24(44)17-22)18-28(54)26-19-25(62-43(2,3)4)20-52(26)41(59)37(21-11-7-6-8-12-21)51-40(58)30-31(42(60)61)33(46)35(48)34(47)32(30)45/h9,13-14,17,21,23,25-26,36-37H,5-8,10-12,15-16,18-20H2,1-4H3,(H2,49,57)(H,50,55)(H,51,58)(H,60,61)/t23?,25-,26+,36?,37+/m1/s1. The first kappa shape index (κ1) is 49.1. The van der Waals surface area contributed by atoms with Crippen LogP contribution in [0.5, 0.6) is 0 Å². The zero-order chi connectivity index (χ0) is 46.2. The number of ketones is 3. The van der Waals surface area contributed by atoms with Gasteiger partial charge in [-0.3, -0.25) is 33.6 Å². The second-order valence-electron chi connectivity index (χ2n) is 16.7. The molecule has 5 N–H and O–H groups in total. The molecule has 0 spiro atoms. The van der Waals surface area contributed by atoms with E-state index in [1.165, 1.54) is 12.1 Å². The third kappa shape index (κ3) is 12.1. The first-order valence-corrected chi connectivity index (χ1v) is 20.4. The second kappa shape index (κ2) is 21.0. The summed E-state index contributed by atoms with van der Waals surface area (Å²) in [6.45, 7) is 6.67. The number of carboxylic acid groups (broad SMARTS) is 1. The van der Waals surface area contributed by atoms with Crippen LogP contribution in [0, 0.1) is 40.9 Å². The van der Waals surface area contributed by atoms with E-state index < -0.39 is 148 Å². The number of carboxylic acids is 1. The van der Waals surface area contributed by atoms with Gasteiger partial charge < -0.3 is 31.1 Å². The number of amides is 4. The molecule has 0 aromatic heterocycles. The van der Waals surface area contributed by atoms with Gasteiger partial charge in [-0.15, -0.1) is 0 Å². The molecule has 1 saturated carbocycles. The minimum atomic E-state index is -2.46. The lowest BCUT2D eigenvalue weighted by Crippen LogP contribution is -2.55. The number of carbonyl (C=O) groups is 8. The molecule has 1 heterocycles. The molecule has 1 saturated heterocycles. The number of carbonyl (C=O) groups excluding carboxylic acids is 7. The van der Waals surface area contributed by atoms with Crippen molar-refractivity contribution in [2.75, 3.05) is 6.54 Å². The number of aromatic carboxylic acids is 1. The van der Waals surface area contributed by atoms with Gasteiger partial charge in [-0.25, -0.2) is 26.7 Å². The van der Waals surface area contributed by atoms with E-state index in [9.17, 15) is 61.0 Å². The Morgan fingerprint density at radius 3 is 2.08 bits per heavy atom. The molecule has 338 valence electrons. The predicted molar refractivity (Wildman–Crippen MR) is 210 cm³/mol. The van der Waals surface area contributed by atoms with Crippen LogP contribution < -0.4 is 16.4 Å². The summed E-state index contributed by atoms with van der Waals surface area (Å²) in [7, 11) is 0. The first-order valence-electron chi connectivity index (χ1n) is 20.4. The number of rotatable bonds is 19. The molecular weight excluding hydrogens is 827 g/mol. The van der Waals surface area contributed by atoms with Gasteiger partial charge in [0.05, 0.1) is 23.3 Å². The Kier molecular flexibility index (Phi) is 16.6. The van der Waals surface area contributed by atoms with Crippen molar-refractivity contribution in [3.8, 4) is 0 Å². The summed E-state index contributed by atoms with van der Waals surface area (Å²) < 4.78 is 78.1. The third-order valence-corrected chi connectivity index (χ3v) is 10.9. The predicted octanol–water partition coefficient (Wildman–Crippen LogP) is 5.18. The summed E-state index contributed by atoms with van der Waals surface area (Å²) in [6, 6.07) is 0.453. The van der Waals surface area contributed by atoms with Crippen molar-refractivity contribution in [3.63, 3.8) is 0 Å². The average Bonchev–Trinajstić information content (AvgIpc) is 3.63. The highest BCUT2D eigenvalue weighted by Crippen LogP contribution is 2.33. The summed E-state index contributed by atoms with van der Waals surface area (Å²) >= 11 is 0. The van der Waals surface area contributed by atoms with Gasteiger partial charge >= 0.3 is 5.97 Å². The van der Waals surface area contributed by atoms with Gasteiger partial charge in [0.25, 0.3) is 5.91 Å². The first-order chi connectivity index (χ1) is 29.1. The lowest BCUT2D eigenvalue weighted by Gasteiger charge is -2.35.